The summed E-state index contributed by atoms with van der Waals surface area (Å²) in [6.07, 6.45) is 7.25. The molecule has 1 nitrogen and oxygen atoms in total. The molecular formula is C13H22O. The molecule has 14 heavy (non-hydrogen) atoms. The predicted molar refractivity (Wildman–Crippen MR) is 60.2 cm³/mol. The largest absolute Gasteiger partial charge is 0.295 e. The van der Waals surface area contributed by atoms with Gasteiger partial charge in [-0.3, -0.25) is 4.79 Å². The Morgan fingerprint density at radius 1 is 1.57 bits per heavy atom. The highest BCUT2D eigenvalue weighted by molar-refractivity contribution is 5.95. The van der Waals surface area contributed by atoms with Gasteiger partial charge in [0.2, 0.25) is 0 Å². The average Bonchev–Trinajstić information content (AvgIpc) is 2.15. The first-order chi connectivity index (χ1) is 6.59. The van der Waals surface area contributed by atoms with Gasteiger partial charge in [0.25, 0.3) is 0 Å². The van der Waals surface area contributed by atoms with Gasteiger partial charge < -0.3 is 0 Å². The maximum atomic E-state index is 11.7. The fraction of sp³-hybridized carbons (Fsp3) is 0.769. The topological polar surface area (TPSA) is 17.1 Å². The van der Waals surface area contributed by atoms with Gasteiger partial charge in [0.15, 0.2) is 5.78 Å². The van der Waals surface area contributed by atoms with Crippen molar-refractivity contribution in [1.82, 2.24) is 0 Å². The van der Waals surface area contributed by atoms with E-state index in [1.807, 2.05) is 0 Å². The van der Waals surface area contributed by atoms with Gasteiger partial charge in [-0.2, -0.15) is 0 Å². The van der Waals surface area contributed by atoms with Crippen molar-refractivity contribution in [2.24, 2.45) is 11.8 Å². The van der Waals surface area contributed by atoms with Gasteiger partial charge in [0.1, 0.15) is 0 Å². The summed E-state index contributed by atoms with van der Waals surface area (Å²) >= 11 is 0. The Kier molecular flexibility index (Phi) is 4.37. The summed E-state index contributed by atoms with van der Waals surface area (Å²) in [5.74, 6) is 1.81. The summed E-state index contributed by atoms with van der Waals surface area (Å²) in [6.45, 7) is 6.60. The first-order valence-corrected chi connectivity index (χ1v) is 5.81. The normalized spacial score (nSPS) is 22.3. The molecule has 0 amide bonds. The van der Waals surface area contributed by atoms with E-state index in [0.717, 1.165) is 37.2 Å². The zero-order valence-electron chi connectivity index (χ0n) is 9.68. The number of carbonyl (C=O) groups excluding carboxylic acids is 1. The number of ketones is 1. The van der Waals surface area contributed by atoms with Gasteiger partial charge >= 0.3 is 0 Å². The molecule has 0 fully saturated rings. The number of Topliss-reactive ketones (excluding diaryl/α,β-unsaturated/α-hetero) is 1. The van der Waals surface area contributed by atoms with E-state index in [1.165, 1.54) is 6.42 Å². The van der Waals surface area contributed by atoms with Crippen LogP contribution < -0.4 is 0 Å². The zero-order valence-corrected chi connectivity index (χ0v) is 9.68. The van der Waals surface area contributed by atoms with Crippen LogP contribution in [-0.4, -0.2) is 5.78 Å². The molecule has 0 saturated carbocycles. The van der Waals surface area contributed by atoms with Crippen molar-refractivity contribution in [2.75, 3.05) is 0 Å². The summed E-state index contributed by atoms with van der Waals surface area (Å²) in [7, 11) is 0. The fourth-order valence-electron chi connectivity index (χ4n) is 1.80. The standard InChI is InChI=1S/C13H22O/c1-10(2)4-9-13(14)12-7-5-11(3)6-8-12/h7,10-11H,4-6,8-9H2,1-3H3. The maximum Gasteiger partial charge on any atom is 0.158 e. The summed E-state index contributed by atoms with van der Waals surface area (Å²) in [4.78, 5) is 11.7. The highest BCUT2D eigenvalue weighted by atomic mass is 16.1. The smallest absolute Gasteiger partial charge is 0.158 e. The molecule has 0 aromatic carbocycles. The number of hydrogen-bond donors (Lipinski definition) is 0. The molecule has 0 N–H and O–H groups in total. The first-order valence-electron chi connectivity index (χ1n) is 5.81. The lowest BCUT2D eigenvalue weighted by Gasteiger charge is -2.17. The highest BCUT2D eigenvalue weighted by Gasteiger charge is 2.15. The highest BCUT2D eigenvalue weighted by Crippen LogP contribution is 2.24. The Hall–Kier alpha value is -0.590. The second-order valence-electron chi connectivity index (χ2n) is 4.96. The predicted octanol–water partition coefficient (Wildman–Crippen LogP) is 3.74. The van der Waals surface area contributed by atoms with Crippen molar-refractivity contribution < 1.29 is 4.79 Å². The molecule has 1 aliphatic carbocycles. The minimum Gasteiger partial charge on any atom is -0.295 e. The van der Waals surface area contributed by atoms with Gasteiger partial charge in [-0.05, 0) is 43.1 Å². The SMILES string of the molecule is CC(C)CCC(=O)C1=CCC(C)CC1. The Labute approximate surface area is 87.6 Å². The van der Waals surface area contributed by atoms with Crippen LogP contribution in [0.15, 0.2) is 11.6 Å². The molecule has 1 rings (SSSR count). The molecule has 80 valence electrons. The van der Waals surface area contributed by atoms with E-state index in [1.54, 1.807) is 0 Å². The number of carbonyl (C=O) groups is 1. The molecule has 0 aromatic heterocycles. The van der Waals surface area contributed by atoms with E-state index < -0.39 is 0 Å². The number of rotatable bonds is 4. The fourth-order valence-corrected chi connectivity index (χ4v) is 1.80. The molecule has 1 unspecified atom stereocenters. The van der Waals surface area contributed by atoms with Gasteiger partial charge in [-0.15, -0.1) is 0 Å². The van der Waals surface area contributed by atoms with E-state index in [9.17, 15) is 4.79 Å². The Balaban J connectivity index is 2.37. The average molecular weight is 194 g/mol. The van der Waals surface area contributed by atoms with E-state index in [2.05, 4.69) is 26.8 Å². The van der Waals surface area contributed by atoms with E-state index >= 15 is 0 Å². The molecule has 0 aromatic rings. The third-order valence-corrected chi connectivity index (χ3v) is 2.98. The molecular weight excluding hydrogens is 172 g/mol. The van der Waals surface area contributed by atoms with Crippen LogP contribution in [0.5, 0.6) is 0 Å². The van der Waals surface area contributed by atoms with Crippen molar-refractivity contribution in [3.63, 3.8) is 0 Å². The third-order valence-electron chi connectivity index (χ3n) is 2.98. The lowest BCUT2D eigenvalue weighted by atomic mass is 9.87. The molecule has 1 aliphatic rings. The van der Waals surface area contributed by atoms with Crippen LogP contribution in [-0.2, 0) is 4.79 Å². The summed E-state index contributed by atoms with van der Waals surface area (Å²) in [6, 6.07) is 0. The molecule has 0 saturated heterocycles. The zero-order chi connectivity index (χ0) is 10.6. The first kappa shape index (κ1) is 11.5. The van der Waals surface area contributed by atoms with Crippen molar-refractivity contribution in [1.29, 1.82) is 0 Å². The van der Waals surface area contributed by atoms with Crippen LogP contribution in [0.4, 0.5) is 0 Å². The van der Waals surface area contributed by atoms with Crippen molar-refractivity contribution in [2.45, 2.75) is 52.9 Å². The summed E-state index contributed by atoms with van der Waals surface area (Å²) in [5.41, 5.74) is 1.10. The van der Waals surface area contributed by atoms with Crippen LogP contribution in [0, 0.1) is 11.8 Å². The number of hydrogen-bond acceptors (Lipinski definition) is 1. The van der Waals surface area contributed by atoms with Crippen molar-refractivity contribution in [3.05, 3.63) is 11.6 Å². The van der Waals surface area contributed by atoms with Crippen LogP contribution in [0.2, 0.25) is 0 Å². The summed E-state index contributed by atoms with van der Waals surface area (Å²) in [5, 5.41) is 0. The lowest BCUT2D eigenvalue weighted by molar-refractivity contribution is -0.116. The quantitative estimate of drug-likeness (QED) is 0.666. The second kappa shape index (κ2) is 5.33. The van der Waals surface area contributed by atoms with Gasteiger partial charge in [-0.25, -0.2) is 0 Å². The molecule has 0 spiro atoms. The minimum atomic E-state index is 0.394. The Bertz CT molecular complexity index is 225. The van der Waals surface area contributed by atoms with Crippen LogP contribution in [0.25, 0.3) is 0 Å². The molecule has 0 heterocycles. The maximum absolute atomic E-state index is 11.7. The van der Waals surface area contributed by atoms with Gasteiger partial charge in [-0.1, -0.05) is 26.8 Å². The van der Waals surface area contributed by atoms with Gasteiger partial charge in [0.05, 0.1) is 0 Å². The van der Waals surface area contributed by atoms with Crippen molar-refractivity contribution >= 4 is 5.78 Å². The Morgan fingerprint density at radius 3 is 2.79 bits per heavy atom. The van der Waals surface area contributed by atoms with Gasteiger partial charge in [0, 0.05) is 6.42 Å². The monoisotopic (exact) mass is 194 g/mol. The molecule has 0 radical (unpaired) electrons. The van der Waals surface area contributed by atoms with Crippen molar-refractivity contribution in [3.8, 4) is 0 Å². The van der Waals surface area contributed by atoms with Crippen LogP contribution in [0.1, 0.15) is 52.9 Å². The molecule has 1 heteroatoms. The second-order valence-corrected chi connectivity index (χ2v) is 4.96. The third kappa shape index (κ3) is 3.65. The molecule has 0 bridgehead atoms. The number of allylic oxidation sites excluding steroid dienone is 2. The summed E-state index contributed by atoms with van der Waals surface area (Å²) < 4.78 is 0. The molecule has 1 atom stereocenters. The Morgan fingerprint density at radius 2 is 2.29 bits per heavy atom. The van der Waals surface area contributed by atoms with Crippen LogP contribution >= 0.6 is 0 Å². The van der Waals surface area contributed by atoms with E-state index in [0.29, 0.717) is 11.7 Å². The lowest BCUT2D eigenvalue weighted by Crippen LogP contribution is -2.10. The molecule has 0 aliphatic heterocycles. The van der Waals surface area contributed by atoms with Crippen LogP contribution in [0.3, 0.4) is 0 Å². The van der Waals surface area contributed by atoms with E-state index in [4.69, 9.17) is 0 Å². The van der Waals surface area contributed by atoms with E-state index in [-0.39, 0.29) is 0 Å². The minimum absolute atomic E-state index is 0.394.